The van der Waals surface area contributed by atoms with Gasteiger partial charge in [-0.2, -0.15) is 0 Å². The minimum atomic E-state index is -0.213. The second-order valence-corrected chi connectivity index (χ2v) is 1.96. The highest BCUT2D eigenvalue weighted by Gasteiger charge is 2.02. The molecule has 0 aliphatic heterocycles. The van der Waals surface area contributed by atoms with Crippen molar-refractivity contribution in [2.75, 3.05) is 7.05 Å². The van der Waals surface area contributed by atoms with Crippen LogP contribution in [0.1, 0.15) is 6.92 Å². The van der Waals surface area contributed by atoms with Crippen LogP contribution in [0.4, 0.5) is 0 Å². The molecular weight excluding hydrogens is 102 g/mol. The normalized spacial score (nSPS) is 14.1. The molecule has 0 bridgehead atoms. The second-order valence-electron chi connectivity index (χ2n) is 1.96. The largest absolute Gasteiger partial charge is 0.311 e. The van der Waals surface area contributed by atoms with Crippen LogP contribution >= 0.6 is 0 Å². The Morgan fingerprint density at radius 1 is 1.75 bits per heavy atom. The highest BCUT2D eigenvalue weighted by molar-refractivity contribution is 4.97. The monoisotopic (exact) mass is 115 g/mol. The van der Waals surface area contributed by atoms with Crippen molar-refractivity contribution in [3.8, 4) is 0 Å². The summed E-state index contributed by atoms with van der Waals surface area (Å²) in [5.41, 5.74) is 6.33. The standard InChI is InChI=1S/C5H13N3/c1-4(2)5(6)8(3)7/h5H,1,6-7H2,2-3H3. The van der Waals surface area contributed by atoms with E-state index in [0.717, 1.165) is 5.57 Å². The molecule has 48 valence electrons. The summed E-state index contributed by atoms with van der Waals surface area (Å²) in [7, 11) is 1.71. The minimum absolute atomic E-state index is 0.213. The summed E-state index contributed by atoms with van der Waals surface area (Å²) in [6, 6.07) is 0. The van der Waals surface area contributed by atoms with E-state index in [9.17, 15) is 0 Å². The van der Waals surface area contributed by atoms with Gasteiger partial charge in [-0.3, -0.25) is 5.84 Å². The quantitative estimate of drug-likeness (QED) is 0.224. The Kier molecular flexibility index (Phi) is 2.68. The fourth-order valence-corrected chi connectivity index (χ4v) is 0.348. The van der Waals surface area contributed by atoms with E-state index in [1.54, 1.807) is 7.05 Å². The van der Waals surface area contributed by atoms with Crippen molar-refractivity contribution in [1.29, 1.82) is 0 Å². The number of rotatable bonds is 2. The number of nitrogens with two attached hydrogens (primary N) is 2. The van der Waals surface area contributed by atoms with Crippen molar-refractivity contribution < 1.29 is 0 Å². The zero-order valence-electron chi connectivity index (χ0n) is 5.39. The molecule has 0 saturated carbocycles. The molecule has 0 saturated heterocycles. The molecule has 4 N–H and O–H groups in total. The number of likely N-dealkylation sites (N-methyl/N-ethyl adjacent to an activating group) is 1. The first-order valence-electron chi connectivity index (χ1n) is 2.44. The average Bonchev–Trinajstić information content (AvgIpc) is 1.64. The van der Waals surface area contributed by atoms with Crippen molar-refractivity contribution in [2.24, 2.45) is 11.6 Å². The van der Waals surface area contributed by atoms with Crippen LogP contribution in [0.5, 0.6) is 0 Å². The molecule has 0 radical (unpaired) electrons. The van der Waals surface area contributed by atoms with E-state index in [4.69, 9.17) is 11.6 Å². The lowest BCUT2D eigenvalue weighted by atomic mass is 10.3. The van der Waals surface area contributed by atoms with Crippen LogP contribution < -0.4 is 11.6 Å². The highest BCUT2D eigenvalue weighted by Crippen LogP contribution is 1.92. The van der Waals surface area contributed by atoms with E-state index >= 15 is 0 Å². The molecule has 0 spiro atoms. The molecule has 3 nitrogen and oxygen atoms in total. The Hall–Kier alpha value is -0.380. The van der Waals surface area contributed by atoms with Crippen LogP contribution in [0.25, 0.3) is 0 Å². The third-order valence-corrected chi connectivity index (χ3v) is 0.944. The molecule has 0 aliphatic carbocycles. The van der Waals surface area contributed by atoms with Crippen molar-refractivity contribution in [3.05, 3.63) is 12.2 Å². The number of hydrogen-bond donors (Lipinski definition) is 2. The van der Waals surface area contributed by atoms with Gasteiger partial charge in [-0.05, 0) is 12.5 Å². The molecule has 0 amide bonds. The molecule has 1 atom stereocenters. The molecule has 0 heterocycles. The summed E-state index contributed by atoms with van der Waals surface area (Å²) in [6.07, 6.45) is -0.213. The molecule has 3 heteroatoms. The van der Waals surface area contributed by atoms with Gasteiger partial charge in [0.1, 0.15) is 0 Å². The van der Waals surface area contributed by atoms with Gasteiger partial charge in [0.05, 0.1) is 6.17 Å². The van der Waals surface area contributed by atoms with Crippen LogP contribution in [0, 0.1) is 0 Å². The first kappa shape index (κ1) is 7.62. The van der Waals surface area contributed by atoms with Gasteiger partial charge < -0.3 is 5.73 Å². The molecule has 0 aliphatic rings. The van der Waals surface area contributed by atoms with E-state index < -0.39 is 0 Å². The molecule has 0 aromatic rings. The summed E-state index contributed by atoms with van der Waals surface area (Å²) < 4.78 is 0. The summed E-state index contributed by atoms with van der Waals surface area (Å²) in [5, 5.41) is 1.42. The average molecular weight is 115 g/mol. The summed E-state index contributed by atoms with van der Waals surface area (Å²) >= 11 is 0. The summed E-state index contributed by atoms with van der Waals surface area (Å²) in [4.78, 5) is 0. The van der Waals surface area contributed by atoms with Gasteiger partial charge in [0, 0.05) is 7.05 Å². The van der Waals surface area contributed by atoms with Gasteiger partial charge in [0.2, 0.25) is 0 Å². The Bertz CT molecular complexity index is 87.7. The smallest absolute Gasteiger partial charge is 0.0915 e. The predicted molar refractivity (Wildman–Crippen MR) is 34.7 cm³/mol. The molecule has 0 aromatic heterocycles. The van der Waals surface area contributed by atoms with Crippen LogP contribution in [0.3, 0.4) is 0 Å². The number of nitrogens with zero attached hydrogens (tertiary/aromatic N) is 1. The zero-order chi connectivity index (χ0) is 6.73. The fourth-order valence-electron chi connectivity index (χ4n) is 0.348. The maximum absolute atomic E-state index is 5.46. The van der Waals surface area contributed by atoms with Crippen LogP contribution in [0.2, 0.25) is 0 Å². The molecule has 1 unspecified atom stereocenters. The van der Waals surface area contributed by atoms with Crippen LogP contribution in [0.15, 0.2) is 12.2 Å². The lowest BCUT2D eigenvalue weighted by Crippen LogP contribution is -2.44. The highest BCUT2D eigenvalue weighted by atomic mass is 15.4. The maximum atomic E-state index is 5.46. The van der Waals surface area contributed by atoms with Gasteiger partial charge >= 0.3 is 0 Å². The third-order valence-electron chi connectivity index (χ3n) is 0.944. The van der Waals surface area contributed by atoms with E-state index in [0.29, 0.717) is 0 Å². The topological polar surface area (TPSA) is 55.3 Å². The van der Waals surface area contributed by atoms with Gasteiger partial charge in [0.15, 0.2) is 0 Å². The first-order valence-corrected chi connectivity index (χ1v) is 2.44. The minimum Gasteiger partial charge on any atom is -0.311 e. The Morgan fingerprint density at radius 3 is 2.12 bits per heavy atom. The van der Waals surface area contributed by atoms with Gasteiger partial charge in [-0.25, -0.2) is 5.01 Å². The van der Waals surface area contributed by atoms with E-state index in [-0.39, 0.29) is 6.17 Å². The summed E-state index contributed by atoms with van der Waals surface area (Å²) in [5.74, 6) is 5.28. The molecule has 0 aromatic carbocycles. The van der Waals surface area contributed by atoms with E-state index in [2.05, 4.69) is 6.58 Å². The van der Waals surface area contributed by atoms with E-state index in [1.807, 2.05) is 6.92 Å². The molecular formula is C5H13N3. The van der Waals surface area contributed by atoms with Crippen molar-refractivity contribution in [2.45, 2.75) is 13.1 Å². The number of hydrazine groups is 1. The fraction of sp³-hybridized carbons (Fsp3) is 0.600. The maximum Gasteiger partial charge on any atom is 0.0915 e. The Labute approximate surface area is 49.9 Å². The van der Waals surface area contributed by atoms with Crippen molar-refractivity contribution in [3.63, 3.8) is 0 Å². The van der Waals surface area contributed by atoms with Crippen LogP contribution in [-0.2, 0) is 0 Å². The molecule has 8 heavy (non-hydrogen) atoms. The third kappa shape index (κ3) is 2.07. The molecule has 0 fully saturated rings. The lowest BCUT2D eigenvalue weighted by Gasteiger charge is -2.18. The molecule has 0 rings (SSSR count). The van der Waals surface area contributed by atoms with Crippen molar-refractivity contribution in [1.82, 2.24) is 5.01 Å². The SMILES string of the molecule is C=C(C)C(N)N(C)N. The second kappa shape index (κ2) is 2.81. The van der Waals surface area contributed by atoms with Crippen LogP contribution in [-0.4, -0.2) is 18.2 Å². The Balaban J connectivity index is 3.64. The summed E-state index contributed by atoms with van der Waals surface area (Å²) in [6.45, 7) is 5.47. The van der Waals surface area contributed by atoms with Gasteiger partial charge in [0.25, 0.3) is 0 Å². The number of hydrogen-bond acceptors (Lipinski definition) is 3. The lowest BCUT2D eigenvalue weighted by molar-refractivity contribution is 0.287. The van der Waals surface area contributed by atoms with Gasteiger partial charge in [-0.1, -0.05) is 6.58 Å². The van der Waals surface area contributed by atoms with Crippen molar-refractivity contribution >= 4 is 0 Å². The Morgan fingerprint density at radius 2 is 2.12 bits per heavy atom. The van der Waals surface area contributed by atoms with Gasteiger partial charge in [-0.15, -0.1) is 0 Å². The predicted octanol–water partition coefficient (Wildman–Crippen LogP) is -0.347. The zero-order valence-corrected chi connectivity index (χ0v) is 5.39. The van der Waals surface area contributed by atoms with E-state index in [1.165, 1.54) is 5.01 Å². The first-order chi connectivity index (χ1) is 3.55.